The number of benzene rings is 1. The van der Waals surface area contributed by atoms with Crippen LogP contribution in [0.1, 0.15) is 37.0 Å². The predicted octanol–water partition coefficient (Wildman–Crippen LogP) is 2.83. The topological polar surface area (TPSA) is 111 Å². The summed E-state index contributed by atoms with van der Waals surface area (Å²) in [5.74, 6) is -2.53. The number of Topliss-reactive ketones (excluding diaryl/α,β-unsaturated/α-hetero) is 1. The van der Waals surface area contributed by atoms with Gasteiger partial charge < -0.3 is 10.3 Å². The van der Waals surface area contributed by atoms with Gasteiger partial charge in [-0.25, -0.2) is 5.48 Å². The van der Waals surface area contributed by atoms with Gasteiger partial charge in [-0.1, -0.05) is 38.1 Å². The summed E-state index contributed by atoms with van der Waals surface area (Å²) in [6.07, 6.45) is 3.86. The largest absolute Gasteiger partial charge is 0.360 e. The van der Waals surface area contributed by atoms with Gasteiger partial charge in [0.15, 0.2) is 5.78 Å². The van der Waals surface area contributed by atoms with Crippen LogP contribution < -0.4 is 10.8 Å². The molecule has 0 spiro atoms. The molecule has 1 aromatic heterocycles. The lowest BCUT2D eigenvalue weighted by Gasteiger charge is -2.25. The van der Waals surface area contributed by atoms with Crippen LogP contribution in [0.25, 0.3) is 10.9 Å². The number of hydrogen-bond acceptors (Lipinski definition) is 4. The zero-order valence-corrected chi connectivity index (χ0v) is 16.2. The molecule has 0 radical (unpaired) electrons. The summed E-state index contributed by atoms with van der Waals surface area (Å²) in [6.45, 7) is 7.34. The quantitative estimate of drug-likeness (QED) is 0.218. The zero-order valence-electron chi connectivity index (χ0n) is 16.2. The summed E-state index contributed by atoms with van der Waals surface area (Å²) in [6, 6.07) is 7.43. The van der Waals surface area contributed by atoms with Crippen molar-refractivity contribution < 1.29 is 19.6 Å². The molecule has 0 aliphatic heterocycles. The molecule has 150 valence electrons. The van der Waals surface area contributed by atoms with Crippen molar-refractivity contribution in [2.24, 2.45) is 17.8 Å². The molecule has 0 bridgehead atoms. The minimum atomic E-state index is -0.756. The Morgan fingerprint density at radius 1 is 1.18 bits per heavy atom. The van der Waals surface area contributed by atoms with Crippen LogP contribution in [0.5, 0.6) is 0 Å². The van der Waals surface area contributed by atoms with E-state index >= 15 is 0 Å². The van der Waals surface area contributed by atoms with Gasteiger partial charge in [-0.15, -0.1) is 6.58 Å². The second kappa shape index (κ2) is 9.85. The summed E-state index contributed by atoms with van der Waals surface area (Å²) >= 11 is 0. The van der Waals surface area contributed by atoms with E-state index in [1.165, 1.54) is 6.08 Å². The number of aromatic nitrogens is 1. The van der Waals surface area contributed by atoms with Crippen LogP contribution in [0.4, 0.5) is 0 Å². The Hall–Kier alpha value is -2.93. The van der Waals surface area contributed by atoms with Crippen LogP contribution in [0.15, 0.2) is 43.1 Å². The third-order valence-electron chi connectivity index (χ3n) is 4.73. The normalized spacial score (nSPS) is 13.1. The number of allylic oxidation sites excluding steroid dienone is 1. The number of para-hydroxylation sites is 1. The van der Waals surface area contributed by atoms with Crippen molar-refractivity contribution in [2.75, 3.05) is 6.54 Å². The Labute approximate surface area is 164 Å². The van der Waals surface area contributed by atoms with Crippen LogP contribution in [-0.2, 0) is 9.59 Å². The third kappa shape index (κ3) is 5.07. The molecule has 0 unspecified atom stereocenters. The number of hydrogen-bond donors (Lipinski definition) is 4. The van der Waals surface area contributed by atoms with Gasteiger partial charge in [0.1, 0.15) is 0 Å². The lowest BCUT2D eigenvalue weighted by atomic mass is 9.82. The third-order valence-corrected chi connectivity index (χ3v) is 4.73. The van der Waals surface area contributed by atoms with Gasteiger partial charge in [-0.05, 0) is 24.8 Å². The van der Waals surface area contributed by atoms with E-state index in [0.717, 1.165) is 10.9 Å². The highest BCUT2D eigenvalue weighted by molar-refractivity contribution is 6.09. The van der Waals surface area contributed by atoms with E-state index in [1.807, 2.05) is 38.1 Å². The van der Waals surface area contributed by atoms with Crippen molar-refractivity contribution in [2.45, 2.75) is 26.7 Å². The number of H-pyrrole nitrogens is 1. The number of ketones is 1. The first-order chi connectivity index (χ1) is 13.4. The fraction of sp³-hybridized carbons (Fsp3) is 0.381. The molecule has 0 saturated carbocycles. The summed E-state index contributed by atoms with van der Waals surface area (Å²) in [7, 11) is 0. The Morgan fingerprint density at radius 2 is 1.89 bits per heavy atom. The van der Waals surface area contributed by atoms with E-state index in [1.54, 1.807) is 11.7 Å². The molecular weight excluding hydrogens is 358 g/mol. The molecule has 0 aliphatic rings. The molecular formula is C21H27N3O4. The number of rotatable bonds is 10. The molecule has 2 amide bonds. The summed E-state index contributed by atoms with van der Waals surface area (Å²) in [4.78, 5) is 40.4. The number of nitrogens with one attached hydrogen (secondary N) is 3. The molecule has 2 atom stereocenters. The maximum Gasteiger partial charge on any atom is 0.247 e. The zero-order chi connectivity index (χ0) is 20.7. The van der Waals surface area contributed by atoms with Crippen molar-refractivity contribution >= 4 is 28.5 Å². The van der Waals surface area contributed by atoms with Gasteiger partial charge in [0, 0.05) is 22.7 Å². The van der Waals surface area contributed by atoms with Gasteiger partial charge in [0.2, 0.25) is 11.8 Å². The van der Waals surface area contributed by atoms with E-state index < -0.39 is 23.7 Å². The van der Waals surface area contributed by atoms with Crippen LogP contribution >= 0.6 is 0 Å². The number of fused-ring (bicyclic) bond motifs is 1. The second-order valence-corrected chi connectivity index (χ2v) is 7.23. The van der Waals surface area contributed by atoms with Gasteiger partial charge in [0.25, 0.3) is 0 Å². The second-order valence-electron chi connectivity index (χ2n) is 7.23. The predicted molar refractivity (Wildman–Crippen MR) is 107 cm³/mol. The average molecular weight is 385 g/mol. The summed E-state index contributed by atoms with van der Waals surface area (Å²) < 4.78 is 0. The highest BCUT2D eigenvalue weighted by Crippen LogP contribution is 2.25. The molecule has 0 fully saturated rings. The van der Waals surface area contributed by atoms with Crippen molar-refractivity contribution in [3.63, 3.8) is 0 Å². The van der Waals surface area contributed by atoms with Crippen LogP contribution in [-0.4, -0.2) is 34.3 Å². The first-order valence-corrected chi connectivity index (χ1v) is 9.30. The fourth-order valence-electron chi connectivity index (χ4n) is 3.37. The highest BCUT2D eigenvalue weighted by atomic mass is 16.5. The maximum absolute atomic E-state index is 12.8. The van der Waals surface area contributed by atoms with Gasteiger partial charge in [-0.3, -0.25) is 19.6 Å². The molecule has 7 nitrogen and oxygen atoms in total. The Kier molecular flexibility index (Phi) is 7.52. The first-order valence-electron chi connectivity index (χ1n) is 9.30. The number of carbonyl (C=O) groups is 3. The molecule has 1 heterocycles. The Balaban J connectivity index is 2.12. The number of aromatic amines is 1. The van der Waals surface area contributed by atoms with E-state index in [-0.39, 0.29) is 24.7 Å². The molecule has 2 aromatic rings. The van der Waals surface area contributed by atoms with E-state index in [9.17, 15) is 14.4 Å². The van der Waals surface area contributed by atoms with Crippen LogP contribution in [0.3, 0.4) is 0 Å². The highest BCUT2D eigenvalue weighted by Gasteiger charge is 2.33. The van der Waals surface area contributed by atoms with Gasteiger partial charge in [0.05, 0.1) is 18.4 Å². The Bertz CT molecular complexity index is 856. The van der Waals surface area contributed by atoms with E-state index in [0.29, 0.717) is 12.0 Å². The minimum absolute atomic E-state index is 0.152. The lowest BCUT2D eigenvalue weighted by molar-refractivity contribution is -0.140. The Morgan fingerprint density at radius 3 is 2.54 bits per heavy atom. The number of carbonyl (C=O) groups excluding carboxylic acids is 3. The molecule has 4 N–H and O–H groups in total. The number of amides is 2. The summed E-state index contributed by atoms with van der Waals surface area (Å²) in [5, 5.41) is 12.5. The standard InChI is InChI=1S/C21H27N3O4/c1-4-7-15(21(27)24-28)16(10-13(2)3)20(26)23-12-19(25)17-11-22-18-9-6-5-8-14(17)18/h4-6,8-9,11,13,15-16,22,28H,1,7,10,12H2,2-3H3,(H,23,26)(H,24,27)/t15-,16+/m0/s1. The minimum Gasteiger partial charge on any atom is -0.360 e. The number of hydroxylamine groups is 1. The van der Waals surface area contributed by atoms with Crippen molar-refractivity contribution in [3.8, 4) is 0 Å². The maximum atomic E-state index is 12.8. The monoisotopic (exact) mass is 385 g/mol. The summed E-state index contributed by atoms with van der Waals surface area (Å²) in [5.41, 5.74) is 2.98. The van der Waals surface area contributed by atoms with Crippen molar-refractivity contribution in [1.82, 2.24) is 15.8 Å². The molecule has 0 saturated heterocycles. The smallest absolute Gasteiger partial charge is 0.247 e. The molecule has 0 aliphatic carbocycles. The first kappa shape index (κ1) is 21.4. The SMILES string of the molecule is C=CC[C@H](C(=O)NO)[C@@H](CC(C)C)C(=O)NCC(=O)c1c[nH]c2ccccc12. The van der Waals surface area contributed by atoms with Gasteiger partial charge >= 0.3 is 0 Å². The lowest BCUT2D eigenvalue weighted by Crippen LogP contribution is -2.43. The molecule has 28 heavy (non-hydrogen) atoms. The fourth-order valence-corrected chi connectivity index (χ4v) is 3.37. The average Bonchev–Trinajstić information content (AvgIpc) is 3.12. The van der Waals surface area contributed by atoms with Crippen LogP contribution in [0, 0.1) is 17.8 Å². The van der Waals surface area contributed by atoms with E-state index in [4.69, 9.17) is 5.21 Å². The van der Waals surface area contributed by atoms with Gasteiger partial charge in [-0.2, -0.15) is 0 Å². The molecule has 2 rings (SSSR count). The molecule has 7 heteroatoms. The van der Waals surface area contributed by atoms with E-state index in [2.05, 4.69) is 16.9 Å². The van der Waals surface area contributed by atoms with Crippen molar-refractivity contribution in [1.29, 1.82) is 0 Å². The molecule has 1 aromatic carbocycles. The van der Waals surface area contributed by atoms with Crippen molar-refractivity contribution in [3.05, 3.63) is 48.7 Å². The van der Waals surface area contributed by atoms with Crippen LogP contribution in [0.2, 0.25) is 0 Å².